The average Bonchev–Trinajstić information content (AvgIpc) is 3.32. The Morgan fingerprint density at radius 2 is 2.00 bits per heavy atom. The first-order chi connectivity index (χ1) is 16.4. The lowest BCUT2D eigenvalue weighted by atomic mass is 10.2. The van der Waals surface area contributed by atoms with E-state index in [1.165, 1.54) is 6.20 Å². The van der Waals surface area contributed by atoms with E-state index in [-0.39, 0.29) is 17.5 Å². The van der Waals surface area contributed by atoms with Crippen LogP contribution in [-0.2, 0) is 4.79 Å². The summed E-state index contributed by atoms with van der Waals surface area (Å²) in [7, 11) is 2.04. The van der Waals surface area contributed by atoms with Gasteiger partial charge in [0.05, 0.1) is 18.8 Å². The highest BCUT2D eigenvalue weighted by Gasteiger charge is 2.21. The molecule has 0 fully saturated rings. The second kappa shape index (κ2) is 16.1. The van der Waals surface area contributed by atoms with E-state index < -0.39 is 5.91 Å². The van der Waals surface area contributed by atoms with Crippen molar-refractivity contribution in [3.8, 4) is 11.8 Å². The third kappa shape index (κ3) is 8.12. The minimum Gasteiger partial charge on any atom is -0.493 e. The van der Waals surface area contributed by atoms with Crippen molar-refractivity contribution in [2.75, 3.05) is 25.8 Å². The van der Waals surface area contributed by atoms with Gasteiger partial charge in [-0.05, 0) is 34.0 Å². The van der Waals surface area contributed by atoms with Crippen molar-refractivity contribution in [3.63, 3.8) is 0 Å². The van der Waals surface area contributed by atoms with Crippen LogP contribution >= 0.6 is 15.9 Å². The number of ether oxygens (including phenoxy) is 1. The van der Waals surface area contributed by atoms with E-state index in [0.717, 1.165) is 5.39 Å². The van der Waals surface area contributed by atoms with Gasteiger partial charge in [0.25, 0.3) is 0 Å². The number of fused-ring (bicyclic) bond motifs is 1. The first kappa shape index (κ1) is 30.5. The number of amides is 1. The maximum absolute atomic E-state index is 12.8. The van der Waals surface area contributed by atoms with Crippen molar-refractivity contribution in [2.45, 2.75) is 27.7 Å². The molecule has 0 saturated carbocycles. The van der Waals surface area contributed by atoms with Crippen LogP contribution < -0.4 is 15.2 Å². The number of rotatable bonds is 6. The van der Waals surface area contributed by atoms with E-state index in [0.29, 0.717) is 35.3 Å². The van der Waals surface area contributed by atoms with Crippen LogP contribution in [-0.4, -0.2) is 43.5 Å². The van der Waals surface area contributed by atoms with Gasteiger partial charge in [-0.25, -0.2) is 4.98 Å². The summed E-state index contributed by atoms with van der Waals surface area (Å²) in [4.78, 5) is 28.9. The number of methoxy groups -OCH3 is 1. The van der Waals surface area contributed by atoms with Gasteiger partial charge in [-0.1, -0.05) is 39.8 Å². The zero-order chi connectivity index (χ0) is 26.3. The van der Waals surface area contributed by atoms with E-state index in [1.54, 1.807) is 24.3 Å². The van der Waals surface area contributed by atoms with Crippen LogP contribution in [0.5, 0.6) is 5.75 Å². The standard InChI is InChI=1S/C19H18BrN5O3.C2H6.CH3F.CH2O/c1-11(2)10-25(18-13(20)9-22-16(8-21)23-18)24-19(26)15-7-12-5-4-6-14(27-3)17(12)28-15;3*1-2/h4-7,9,11H,10H2,1-3H3,(H,24,26);1-2H3;1H3;1H2. The van der Waals surface area contributed by atoms with Crippen LogP contribution in [0.1, 0.15) is 44.1 Å². The van der Waals surface area contributed by atoms with E-state index in [4.69, 9.17) is 19.2 Å². The van der Waals surface area contributed by atoms with Gasteiger partial charge < -0.3 is 13.9 Å². The molecule has 0 aliphatic heterocycles. The molecule has 9 nitrogen and oxygen atoms in total. The van der Waals surface area contributed by atoms with Crippen molar-refractivity contribution < 1.29 is 23.1 Å². The molecule has 11 heteroatoms. The fourth-order valence-corrected chi connectivity index (χ4v) is 3.04. The van der Waals surface area contributed by atoms with Crippen molar-refractivity contribution in [3.05, 3.63) is 46.5 Å². The molecule has 0 unspecified atom stereocenters. The Hall–Kier alpha value is -3.52. The molecule has 3 rings (SSSR count). The van der Waals surface area contributed by atoms with Gasteiger partial charge in [-0.3, -0.25) is 19.6 Å². The Morgan fingerprint density at radius 1 is 1.35 bits per heavy atom. The van der Waals surface area contributed by atoms with E-state index in [1.807, 2.05) is 52.7 Å². The van der Waals surface area contributed by atoms with Gasteiger partial charge in [-0.2, -0.15) is 10.2 Å². The summed E-state index contributed by atoms with van der Waals surface area (Å²) in [5.41, 5.74) is 3.30. The minimum absolute atomic E-state index is 0.00896. The maximum Gasteiger partial charge on any atom is 0.305 e. The Bertz CT molecular complexity index is 1080. The van der Waals surface area contributed by atoms with Gasteiger partial charge >= 0.3 is 5.91 Å². The summed E-state index contributed by atoms with van der Waals surface area (Å²) < 4.78 is 21.0. The molecular weight excluding hydrogens is 509 g/mol. The van der Waals surface area contributed by atoms with E-state index in [9.17, 15) is 9.18 Å². The van der Waals surface area contributed by atoms with Gasteiger partial charge in [0.15, 0.2) is 22.9 Å². The predicted molar refractivity (Wildman–Crippen MR) is 132 cm³/mol. The van der Waals surface area contributed by atoms with Gasteiger partial charge in [0.2, 0.25) is 5.82 Å². The number of alkyl halides is 1. The largest absolute Gasteiger partial charge is 0.493 e. The number of nitriles is 1. The summed E-state index contributed by atoms with van der Waals surface area (Å²) in [5, 5.41) is 11.4. The number of nitrogens with one attached hydrogen (secondary N) is 1. The lowest BCUT2D eigenvalue weighted by Gasteiger charge is -2.26. The molecule has 2 aromatic heterocycles. The number of hydrogen-bond donors (Lipinski definition) is 1. The van der Waals surface area contributed by atoms with Gasteiger partial charge in [0, 0.05) is 18.1 Å². The molecule has 34 heavy (non-hydrogen) atoms. The Morgan fingerprint density at radius 3 is 2.56 bits per heavy atom. The maximum atomic E-state index is 12.8. The third-order valence-electron chi connectivity index (χ3n) is 3.82. The van der Waals surface area contributed by atoms with Crippen LogP contribution in [0.3, 0.4) is 0 Å². The molecule has 0 spiro atoms. The van der Waals surface area contributed by atoms with Crippen LogP contribution in [0.4, 0.5) is 10.2 Å². The summed E-state index contributed by atoms with van der Waals surface area (Å²) in [6.07, 6.45) is 1.48. The molecule has 0 saturated heterocycles. The number of anilines is 1. The molecule has 2 heterocycles. The summed E-state index contributed by atoms with van der Waals surface area (Å²) in [6.45, 7) is 10.5. The van der Waals surface area contributed by atoms with Crippen LogP contribution in [0, 0.1) is 17.2 Å². The number of para-hydroxylation sites is 1. The van der Waals surface area contributed by atoms with Crippen LogP contribution in [0.2, 0.25) is 0 Å². The molecule has 0 bridgehead atoms. The summed E-state index contributed by atoms with van der Waals surface area (Å²) in [5.74, 6) is 0.857. The summed E-state index contributed by atoms with van der Waals surface area (Å²) >= 11 is 3.38. The fourth-order valence-electron chi connectivity index (χ4n) is 2.64. The number of nitrogens with zero attached hydrogens (tertiary/aromatic N) is 4. The van der Waals surface area contributed by atoms with Crippen LogP contribution in [0.25, 0.3) is 11.0 Å². The van der Waals surface area contributed by atoms with Gasteiger partial charge in [-0.15, -0.1) is 0 Å². The SMILES string of the molecule is C=O.CC.CF.COc1cccc2cc(C(=O)NN(CC(C)C)c3nc(C#N)ncc3Br)oc12. The second-order valence-electron chi connectivity index (χ2n) is 6.41. The zero-order valence-corrected chi connectivity index (χ0v) is 21.6. The molecule has 1 amide bonds. The number of furan rings is 1. The minimum atomic E-state index is -0.442. The number of halogens is 2. The van der Waals surface area contributed by atoms with E-state index >= 15 is 0 Å². The molecule has 3 aromatic rings. The topological polar surface area (TPSA) is 121 Å². The Labute approximate surface area is 207 Å². The number of carbonyl (C=O) groups is 2. The fraction of sp³-hybridized carbons (Fsp3) is 0.348. The molecule has 0 atom stereocenters. The van der Waals surface area contributed by atoms with Crippen molar-refractivity contribution >= 4 is 45.4 Å². The van der Waals surface area contributed by atoms with Crippen LogP contribution in [0.15, 0.2) is 39.4 Å². The third-order valence-corrected chi connectivity index (χ3v) is 4.38. The van der Waals surface area contributed by atoms with Gasteiger partial charge in [0.1, 0.15) is 12.9 Å². The predicted octanol–water partition coefficient (Wildman–Crippen LogP) is 5.10. The van der Waals surface area contributed by atoms with E-state index in [2.05, 4.69) is 31.3 Å². The highest BCUT2D eigenvalue weighted by Crippen LogP contribution is 2.29. The first-order valence-electron chi connectivity index (χ1n) is 10.2. The number of benzene rings is 1. The Kier molecular flexibility index (Phi) is 14.5. The molecule has 0 radical (unpaired) electrons. The lowest BCUT2D eigenvalue weighted by molar-refractivity contribution is -0.0980. The molecular formula is C23H29BrFN5O4. The number of carbonyl (C=O) groups excluding carboxylic acids is 2. The lowest BCUT2D eigenvalue weighted by Crippen LogP contribution is -2.45. The average molecular weight is 538 g/mol. The smallest absolute Gasteiger partial charge is 0.305 e. The number of hydrazine groups is 1. The van der Waals surface area contributed by atoms with Crippen molar-refractivity contribution in [1.82, 2.24) is 15.4 Å². The molecule has 0 aliphatic rings. The number of hydrogen-bond acceptors (Lipinski definition) is 8. The number of aromatic nitrogens is 2. The first-order valence-corrected chi connectivity index (χ1v) is 11.0. The van der Waals surface area contributed by atoms with Crippen molar-refractivity contribution in [2.24, 2.45) is 5.92 Å². The summed E-state index contributed by atoms with van der Waals surface area (Å²) in [6, 6.07) is 8.98. The highest BCUT2D eigenvalue weighted by atomic mass is 79.9. The zero-order valence-electron chi connectivity index (χ0n) is 20.1. The molecule has 0 aliphatic carbocycles. The highest BCUT2D eigenvalue weighted by molar-refractivity contribution is 9.10. The molecule has 1 N–H and O–H groups in total. The monoisotopic (exact) mass is 537 g/mol. The molecule has 184 valence electrons. The quantitative estimate of drug-likeness (QED) is 0.431. The normalized spacial score (nSPS) is 9.29. The molecule has 1 aromatic carbocycles. The Balaban J connectivity index is 0.00000168. The second-order valence-corrected chi connectivity index (χ2v) is 7.27. The van der Waals surface area contributed by atoms with Crippen molar-refractivity contribution in [1.29, 1.82) is 5.26 Å².